The van der Waals surface area contributed by atoms with Gasteiger partial charge in [-0.05, 0) is 36.5 Å². The molecule has 0 aliphatic carbocycles. The lowest BCUT2D eigenvalue weighted by atomic mass is 9.87. The van der Waals surface area contributed by atoms with Gasteiger partial charge in [0.05, 0.1) is 39.9 Å². The van der Waals surface area contributed by atoms with Crippen molar-refractivity contribution in [3.05, 3.63) is 94.9 Å². The third-order valence-corrected chi connectivity index (χ3v) is 9.48. The van der Waals surface area contributed by atoms with Crippen molar-refractivity contribution >= 4 is 49.4 Å². The number of carbonyl (C=O) groups is 1. The molecular weight excluding hydrogens is 537 g/mol. The van der Waals surface area contributed by atoms with Gasteiger partial charge in [-0.15, -0.1) is 11.3 Å². The number of benzene rings is 2. The third-order valence-electron chi connectivity index (χ3n) is 7.29. The van der Waals surface area contributed by atoms with Gasteiger partial charge >= 0.3 is 0 Å². The van der Waals surface area contributed by atoms with E-state index in [1.54, 1.807) is 17.7 Å². The Morgan fingerprint density at radius 3 is 2.35 bits per heavy atom. The van der Waals surface area contributed by atoms with Crippen LogP contribution >= 0.6 is 23.1 Å². The molecule has 6 rings (SSSR count). The van der Waals surface area contributed by atoms with Gasteiger partial charge in [0.2, 0.25) is 5.91 Å². The molecule has 0 saturated carbocycles. The molecule has 6 nitrogen and oxygen atoms in total. The second-order valence-electron chi connectivity index (χ2n) is 11.1. The molecule has 0 radical (unpaired) electrons. The first kappa shape index (κ1) is 26.9. The van der Waals surface area contributed by atoms with Crippen LogP contribution in [0.3, 0.4) is 0 Å². The van der Waals surface area contributed by atoms with Gasteiger partial charge in [0.25, 0.3) is 0 Å². The van der Waals surface area contributed by atoms with Crippen LogP contribution in [0.5, 0.6) is 0 Å². The first-order valence-electron chi connectivity index (χ1n) is 13.6. The molecule has 8 heteroatoms. The van der Waals surface area contributed by atoms with Gasteiger partial charge in [-0.2, -0.15) is 0 Å². The Hall–Kier alpha value is -3.33. The van der Waals surface area contributed by atoms with Crippen molar-refractivity contribution in [2.75, 3.05) is 5.75 Å². The average molecular weight is 569 g/mol. The van der Waals surface area contributed by atoms with Crippen LogP contribution in [0.15, 0.2) is 72.0 Å². The lowest BCUT2D eigenvalue weighted by molar-refractivity contribution is -0.119. The van der Waals surface area contributed by atoms with Crippen molar-refractivity contribution < 1.29 is 9.53 Å². The van der Waals surface area contributed by atoms with E-state index in [0.29, 0.717) is 12.5 Å². The number of hydrogen-bond donors (Lipinski definition) is 1. The van der Waals surface area contributed by atoms with Crippen molar-refractivity contribution in [3.8, 4) is 0 Å². The first-order chi connectivity index (χ1) is 19.3. The fourth-order valence-electron chi connectivity index (χ4n) is 5.38. The lowest BCUT2D eigenvalue weighted by Gasteiger charge is -2.33. The maximum Gasteiger partial charge on any atom is 0.231 e. The zero-order valence-corrected chi connectivity index (χ0v) is 24.7. The maximum absolute atomic E-state index is 13.3. The molecule has 2 aromatic carbocycles. The summed E-state index contributed by atoms with van der Waals surface area (Å²) in [6, 6.07) is 19.9. The van der Waals surface area contributed by atoms with E-state index in [1.165, 1.54) is 22.9 Å². The fraction of sp³-hybridized carbons (Fsp3) is 0.312. The van der Waals surface area contributed by atoms with Gasteiger partial charge in [-0.3, -0.25) is 4.79 Å². The van der Waals surface area contributed by atoms with Crippen LogP contribution in [0.25, 0.3) is 20.4 Å². The van der Waals surface area contributed by atoms with Crippen molar-refractivity contribution in [1.29, 1.82) is 0 Å². The molecule has 1 amide bonds. The summed E-state index contributed by atoms with van der Waals surface area (Å²) in [5.41, 5.74) is 6.34. The monoisotopic (exact) mass is 568 g/mol. The topological polar surface area (TPSA) is 77.0 Å². The van der Waals surface area contributed by atoms with Crippen molar-refractivity contribution in [2.24, 2.45) is 0 Å². The number of fused-ring (bicyclic) bond motifs is 5. The van der Waals surface area contributed by atoms with Crippen LogP contribution < -0.4 is 5.32 Å². The fourth-order valence-corrected chi connectivity index (χ4v) is 7.43. The summed E-state index contributed by atoms with van der Waals surface area (Å²) in [5.74, 6) is 0.492. The van der Waals surface area contributed by atoms with Gasteiger partial charge in [-0.1, -0.05) is 86.3 Å². The predicted molar refractivity (Wildman–Crippen MR) is 163 cm³/mol. The van der Waals surface area contributed by atoms with Gasteiger partial charge in [-0.25, -0.2) is 15.0 Å². The molecule has 4 heterocycles. The van der Waals surface area contributed by atoms with E-state index in [0.717, 1.165) is 48.7 Å². The predicted octanol–water partition coefficient (Wildman–Crippen LogP) is 7.21. The average Bonchev–Trinajstić information content (AvgIpc) is 3.34. The third kappa shape index (κ3) is 5.23. The van der Waals surface area contributed by atoms with Gasteiger partial charge in [0.15, 0.2) is 0 Å². The highest BCUT2D eigenvalue weighted by molar-refractivity contribution is 8.00. The van der Waals surface area contributed by atoms with Crippen LogP contribution in [0, 0.1) is 0 Å². The minimum atomic E-state index is -0.249. The SMILES string of the molecule is CC(C)c1nc2sc3c(SCC(=O)NC(c4ccccc4)c4ccccc4)ncnc3c2c2c1COC(C)(C)C2. The summed E-state index contributed by atoms with van der Waals surface area (Å²) in [6.07, 6.45) is 2.42. The Kier molecular flexibility index (Phi) is 7.33. The molecule has 0 spiro atoms. The molecule has 3 aromatic heterocycles. The smallest absolute Gasteiger partial charge is 0.231 e. The Labute approximate surface area is 242 Å². The highest BCUT2D eigenvalue weighted by atomic mass is 32.2. The van der Waals surface area contributed by atoms with Gasteiger partial charge < -0.3 is 10.1 Å². The Morgan fingerprint density at radius 2 is 1.70 bits per heavy atom. The van der Waals surface area contributed by atoms with Crippen LogP contribution in [-0.2, 0) is 22.6 Å². The molecular formula is C32H32N4O2S2. The van der Waals surface area contributed by atoms with Crippen LogP contribution in [0.1, 0.15) is 67.6 Å². The molecule has 0 atom stereocenters. The van der Waals surface area contributed by atoms with E-state index < -0.39 is 0 Å². The summed E-state index contributed by atoms with van der Waals surface area (Å²) >= 11 is 3.07. The van der Waals surface area contributed by atoms with E-state index in [2.05, 4.69) is 38.0 Å². The largest absolute Gasteiger partial charge is 0.370 e. The Balaban J connectivity index is 1.31. The second-order valence-corrected chi connectivity index (χ2v) is 13.0. The number of thioether (sulfide) groups is 1. The van der Waals surface area contributed by atoms with E-state index >= 15 is 0 Å². The number of hydrogen-bond acceptors (Lipinski definition) is 7. The molecule has 0 saturated heterocycles. The molecule has 1 aliphatic heterocycles. The van der Waals surface area contributed by atoms with E-state index in [9.17, 15) is 4.79 Å². The zero-order chi connectivity index (χ0) is 27.9. The minimum absolute atomic E-state index is 0.0490. The molecule has 40 heavy (non-hydrogen) atoms. The normalized spacial score (nSPS) is 14.7. The van der Waals surface area contributed by atoms with Gasteiger partial charge in [0, 0.05) is 17.4 Å². The number of rotatable bonds is 7. The Morgan fingerprint density at radius 1 is 1.02 bits per heavy atom. The zero-order valence-electron chi connectivity index (χ0n) is 23.1. The van der Waals surface area contributed by atoms with E-state index in [4.69, 9.17) is 14.7 Å². The first-order valence-corrected chi connectivity index (χ1v) is 15.4. The molecule has 204 valence electrons. The molecule has 5 aromatic rings. The standard InChI is InChI=1S/C32H32N4O2S2/c1-19(2)26-23-16-38-32(3,4)15-22(23)25-28-29(40-30(25)36-26)31(34-18-33-28)39-17-24(37)35-27(20-11-7-5-8-12-20)21-13-9-6-10-14-21/h5-14,18-19,27H,15-17H2,1-4H3,(H,35,37). The van der Waals surface area contributed by atoms with Crippen molar-refractivity contribution in [3.63, 3.8) is 0 Å². The number of ether oxygens (including phenoxy) is 1. The second kappa shape index (κ2) is 10.9. The van der Waals surface area contributed by atoms with Crippen LogP contribution in [-0.4, -0.2) is 32.2 Å². The summed E-state index contributed by atoms with van der Waals surface area (Å²) < 4.78 is 7.17. The maximum atomic E-state index is 13.3. The summed E-state index contributed by atoms with van der Waals surface area (Å²) in [7, 11) is 0. The summed E-state index contributed by atoms with van der Waals surface area (Å²) in [4.78, 5) is 28.7. The Bertz CT molecular complexity index is 1640. The quantitative estimate of drug-likeness (QED) is 0.165. The number of nitrogens with one attached hydrogen (secondary N) is 1. The molecule has 0 unspecified atom stereocenters. The van der Waals surface area contributed by atoms with Crippen LogP contribution in [0.2, 0.25) is 0 Å². The molecule has 1 N–H and O–H groups in total. The van der Waals surface area contributed by atoms with Crippen molar-refractivity contribution in [1.82, 2.24) is 20.3 Å². The minimum Gasteiger partial charge on any atom is -0.370 e. The number of amides is 1. The lowest BCUT2D eigenvalue weighted by Crippen LogP contribution is -2.32. The van der Waals surface area contributed by atoms with Gasteiger partial charge in [0.1, 0.15) is 16.2 Å². The summed E-state index contributed by atoms with van der Waals surface area (Å²) in [5, 5.41) is 5.16. The van der Waals surface area contributed by atoms with E-state index in [1.807, 2.05) is 60.7 Å². The highest BCUT2D eigenvalue weighted by Crippen LogP contribution is 2.43. The van der Waals surface area contributed by atoms with Crippen LogP contribution in [0.4, 0.5) is 0 Å². The molecule has 1 aliphatic rings. The number of aromatic nitrogens is 3. The molecule has 0 fully saturated rings. The van der Waals surface area contributed by atoms with E-state index in [-0.39, 0.29) is 23.3 Å². The number of carbonyl (C=O) groups excluding carboxylic acids is 1. The summed E-state index contributed by atoms with van der Waals surface area (Å²) in [6.45, 7) is 9.20. The molecule has 0 bridgehead atoms. The number of nitrogens with zero attached hydrogens (tertiary/aromatic N) is 3. The number of pyridine rings is 1. The van der Waals surface area contributed by atoms with Crippen molar-refractivity contribution in [2.45, 2.75) is 63.3 Å². The highest BCUT2D eigenvalue weighted by Gasteiger charge is 2.32. The number of thiophene rings is 1.